The number of pyridine rings is 1. The molecule has 1 spiro atoms. The highest BCUT2D eigenvalue weighted by Gasteiger charge is 2.50. The molecule has 0 saturated carbocycles. The molecular weight excluding hydrogens is 628 g/mol. The molecule has 3 aliphatic rings. The number of carbonyl (C=O) groups is 3. The molecule has 2 N–H and O–H groups in total. The highest BCUT2D eigenvalue weighted by molar-refractivity contribution is 5.80. The first-order chi connectivity index (χ1) is 21.5. The van der Waals surface area contributed by atoms with Crippen LogP contribution >= 0.6 is 0 Å². The number of piperidine rings is 1. The highest BCUT2D eigenvalue weighted by Crippen LogP contribution is 2.39. The summed E-state index contributed by atoms with van der Waals surface area (Å²) in [5, 5.41) is 14.2. The fraction of sp³-hybridized carbons (Fsp3) is 0.533. The Morgan fingerprint density at radius 1 is 1.04 bits per heavy atom. The molecule has 0 aliphatic carbocycles. The van der Waals surface area contributed by atoms with Gasteiger partial charge in [0.1, 0.15) is 5.75 Å². The third-order valence-corrected chi connectivity index (χ3v) is 7.83. The van der Waals surface area contributed by atoms with Crippen molar-refractivity contribution in [3.63, 3.8) is 0 Å². The molecule has 1 aromatic carbocycles. The Morgan fingerprint density at radius 2 is 1.70 bits per heavy atom. The van der Waals surface area contributed by atoms with Gasteiger partial charge in [0.15, 0.2) is 0 Å². The highest BCUT2D eigenvalue weighted by atomic mass is 19.4. The maximum atomic E-state index is 13.0. The number of carboxylic acid groups (broad SMARTS) is 2. The van der Waals surface area contributed by atoms with Gasteiger partial charge in [-0.3, -0.25) is 14.7 Å². The van der Waals surface area contributed by atoms with Crippen LogP contribution in [0.5, 0.6) is 5.75 Å². The third-order valence-electron chi connectivity index (χ3n) is 7.83. The molecule has 16 heteroatoms. The third kappa shape index (κ3) is 10.6. The summed E-state index contributed by atoms with van der Waals surface area (Å²) in [6.45, 7) is 4.90. The fourth-order valence-electron chi connectivity index (χ4n) is 5.40. The molecule has 0 bridgehead atoms. The summed E-state index contributed by atoms with van der Waals surface area (Å²) in [5.41, 5.74) is 3.56. The normalized spacial score (nSPS) is 18.8. The number of carbonyl (C=O) groups excluding carboxylic acids is 1. The van der Waals surface area contributed by atoms with Gasteiger partial charge >= 0.3 is 24.3 Å². The number of likely N-dealkylation sites (tertiary alicyclic amines) is 2. The lowest BCUT2D eigenvalue weighted by Crippen LogP contribution is -2.72. The van der Waals surface area contributed by atoms with Crippen LogP contribution in [0.3, 0.4) is 0 Å². The van der Waals surface area contributed by atoms with Gasteiger partial charge < -0.3 is 24.6 Å². The number of benzene rings is 1. The zero-order valence-electron chi connectivity index (χ0n) is 24.9. The zero-order valence-corrected chi connectivity index (χ0v) is 24.9. The monoisotopic (exact) mass is 663 g/mol. The van der Waals surface area contributed by atoms with E-state index >= 15 is 0 Å². The number of carboxylic acids is 2. The summed E-state index contributed by atoms with van der Waals surface area (Å²) in [7, 11) is 2.21. The van der Waals surface area contributed by atoms with Crippen LogP contribution in [0.2, 0.25) is 0 Å². The second-order valence-corrected chi connectivity index (χ2v) is 11.3. The molecule has 1 unspecified atom stereocenters. The second kappa shape index (κ2) is 15.6. The summed E-state index contributed by atoms with van der Waals surface area (Å²) in [6.07, 6.45) is -1.70. The minimum Gasteiger partial charge on any atom is -0.493 e. The molecule has 254 valence electrons. The average Bonchev–Trinajstić information content (AvgIpc) is 2.97. The van der Waals surface area contributed by atoms with Crippen LogP contribution in [0.15, 0.2) is 42.7 Å². The van der Waals surface area contributed by atoms with E-state index in [-0.39, 0.29) is 11.4 Å². The number of nitrogens with zero attached hydrogens (tertiary/aromatic N) is 3. The number of alkyl halides is 6. The molecule has 3 aliphatic heterocycles. The summed E-state index contributed by atoms with van der Waals surface area (Å²) in [5.74, 6) is -3.76. The van der Waals surface area contributed by atoms with Crippen LogP contribution in [-0.4, -0.2) is 101 Å². The molecule has 1 atom stereocenters. The van der Waals surface area contributed by atoms with Crippen LogP contribution in [0, 0.1) is 5.92 Å². The summed E-state index contributed by atoms with van der Waals surface area (Å²) < 4.78 is 75.2. The standard InChI is InChI=1S/C26H33N3O3.2C2HF3O2/c1-28-10-8-21(16-31-17-22-4-2-9-27-15-22)14-26(28)18-29(19-26)25(30)13-20-6-7-24-23(12-20)5-3-11-32-24;2*3-2(4,5)1(6)7/h2,4,6-7,9,12,15,21H,3,5,8,10-11,13-14,16-19H2,1H3;2*(H,6,7). The molecular formula is C30H35F6N3O7. The molecule has 2 saturated heterocycles. The number of ether oxygens (including phenoxy) is 2. The number of rotatable bonds is 6. The Balaban J connectivity index is 0.000000345. The van der Waals surface area contributed by atoms with E-state index in [1.807, 2.05) is 35.4 Å². The summed E-state index contributed by atoms with van der Waals surface area (Å²) in [4.78, 5) is 39.4. The first kappa shape index (κ1) is 36.5. The molecule has 2 aromatic rings. The Bertz CT molecular complexity index is 1310. The predicted molar refractivity (Wildman–Crippen MR) is 150 cm³/mol. The SMILES string of the molecule is CN1CCC(COCc2cccnc2)CC12CN(C(=O)Cc1ccc3c(c1)CCCO3)C2.O=C(O)C(F)(F)F.O=C(O)C(F)(F)F. The van der Waals surface area contributed by atoms with Gasteiger partial charge in [0.25, 0.3) is 0 Å². The van der Waals surface area contributed by atoms with Crippen LogP contribution < -0.4 is 4.74 Å². The number of hydrogen-bond acceptors (Lipinski definition) is 7. The van der Waals surface area contributed by atoms with Gasteiger partial charge in [0.05, 0.1) is 25.2 Å². The van der Waals surface area contributed by atoms with Gasteiger partial charge in [-0.2, -0.15) is 26.3 Å². The summed E-state index contributed by atoms with van der Waals surface area (Å²) in [6, 6.07) is 10.2. The molecule has 46 heavy (non-hydrogen) atoms. The lowest BCUT2D eigenvalue weighted by Gasteiger charge is -2.58. The molecule has 10 nitrogen and oxygen atoms in total. The van der Waals surface area contributed by atoms with E-state index in [4.69, 9.17) is 29.3 Å². The van der Waals surface area contributed by atoms with Gasteiger partial charge in [-0.15, -0.1) is 0 Å². The topological polar surface area (TPSA) is 130 Å². The van der Waals surface area contributed by atoms with Crippen LogP contribution in [0.1, 0.15) is 36.0 Å². The number of fused-ring (bicyclic) bond motifs is 1. The van der Waals surface area contributed by atoms with Crippen molar-refractivity contribution in [2.24, 2.45) is 5.92 Å². The van der Waals surface area contributed by atoms with E-state index in [1.165, 1.54) is 5.56 Å². The lowest BCUT2D eigenvalue weighted by molar-refractivity contribution is -0.193. The number of hydrogen-bond donors (Lipinski definition) is 2. The molecule has 0 radical (unpaired) electrons. The molecule has 2 fully saturated rings. The Kier molecular flexibility index (Phi) is 12.4. The van der Waals surface area contributed by atoms with Gasteiger partial charge in [-0.1, -0.05) is 18.2 Å². The number of aromatic nitrogens is 1. The van der Waals surface area contributed by atoms with Crippen LogP contribution in [0.25, 0.3) is 0 Å². The van der Waals surface area contributed by atoms with Crippen LogP contribution in [-0.2, 0) is 38.6 Å². The van der Waals surface area contributed by atoms with Crippen molar-refractivity contribution in [3.8, 4) is 5.75 Å². The fourth-order valence-corrected chi connectivity index (χ4v) is 5.40. The number of halogens is 6. The first-order valence-corrected chi connectivity index (χ1v) is 14.3. The van der Waals surface area contributed by atoms with Gasteiger partial charge in [-0.05, 0) is 74.0 Å². The predicted octanol–water partition coefficient (Wildman–Crippen LogP) is 4.36. The van der Waals surface area contributed by atoms with Crippen molar-refractivity contribution < 1.29 is 60.4 Å². The lowest BCUT2D eigenvalue weighted by atomic mass is 9.75. The van der Waals surface area contributed by atoms with E-state index in [9.17, 15) is 31.1 Å². The smallest absolute Gasteiger partial charge is 0.490 e. The van der Waals surface area contributed by atoms with Crippen molar-refractivity contribution in [1.29, 1.82) is 0 Å². The number of likely N-dealkylation sites (N-methyl/N-ethyl adjacent to an activating group) is 1. The molecule has 1 amide bonds. The maximum Gasteiger partial charge on any atom is 0.490 e. The quantitative estimate of drug-likeness (QED) is 0.434. The van der Waals surface area contributed by atoms with E-state index in [1.54, 1.807) is 6.20 Å². The van der Waals surface area contributed by atoms with E-state index in [0.717, 1.165) is 75.4 Å². The molecule has 1 aromatic heterocycles. The van der Waals surface area contributed by atoms with E-state index in [0.29, 0.717) is 18.9 Å². The van der Waals surface area contributed by atoms with Gasteiger partial charge in [0.2, 0.25) is 5.91 Å². The Hall–Kier alpha value is -3.92. The Labute approximate surface area is 260 Å². The maximum absolute atomic E-state index is 13.0. The van der Waals surface area contributed by atoms with Crippen molar-refractivity contribution in [2.45, 2.75) is 56.6 Å². The van der Waals surface area contributed by atoms with Crippen molar-refractivity contribution >= 4 is 17.8 Å². The van der Waals surface area contributed by atoms with Gasteiger partial charge in [-0.25, -0.2) is 9.59 Å². The second-order valence-electron chi connectivity index (χ2n) is 11.3. The van der Waals surface area contributed by atoms with Crippen molar-refractivity contribution in [1.82, 2.24) is 14.8 Å². The van der Waals surface area contributed by atoms with E-state index in [2.05, 4.69) is 23.0 Å². The largest absolute Gasteiger partial charge is 0.493 e. The van der Waals surface area contributed by atoms with Crippen molar-refractivity contribution in [2.75, 3.05) is 39.9 Å². The van der Waals surface area contributed by atoms with Crippen LogP contribution in [0.4, 0.5) is 26.3 Å². The minimum atomic E-state index is -5.08. The minimum absolute atomic E-state index is 0.111. The first-order valence-electron chi connectivity index (χ1n) is 14.3. The molecule has 4 heterocycles. The van der Waals surface area contributed by atoms with Gasteiger partial charge in [0, 0.05) is 32.1 Å². The summed E-state index contributed by atoms with van der Waals surface area (Å²) >= 11 is 0. The number of aryl methyl sites for hydroxylation is 1. The zero-order chi connectivity index (χ0) is 34.1. The average molecular weight is 664 g/mol. The number of aliphatic carboxylic acids is 2. The number of amides is 1. The molecule has 5 rings (SSSR count). The Morgan fingerprint density at radius 3 is 2.28 bits per heavy atom. The van der Waals surface area contributed by atoms with E-state index < -0.39 is 24.3 Å². The van der Waals surface area contributed by atoms with Crippen molar-refractivity contribution in [3.05, 3.63) is 59.4 Å².